The molecule has 0 heterocycles. The van der Waals surface area contributed by atoms with Crippen LogP contribution in [-0.2, 0) is 8.85 Å². The van der Waals surface area contributed by atoms with E-state index in [9.17, 15) is 0 Å². The fraction of sp³-hybridized carbons (Fsp3) is 0.375. The monoisotopic (exact) mass is 306 g/mol. The van der Waals surface area contributed by atoms with Crippen LogP contribution < -0.4 is 0 Å². The number of hydrogen-bond donors (Lipinski definition) is 0. The van der Waals surface area contributed by atoms with Gasteiger partial charge in [-0.2, -0.15) is 0 Å². The SMILES string of the molecule is CO[Si](C)(C)C=Cc1cccc(C=C[Si](C)(C)OC)c1. The third-order valence-corrected chi connectivity index (χ3v) is 7.36. The van der Waals surface area contributed by atoms with Crippen LogP contribution in [0.3, 0.4) is 0 Å². The molecule has 0 radical (unpaired) electrons. The summed E-state index contributed by atoms with van der Waals surface area (Å²) in [5.41, 5.74) is 6.84. The predicted molar refractivity (Wildman–Crippen MR) is 93.5 cm³/mol. The highest BCUT2D eigenvalue weighted by molar-refractivity contribution is 6.77. The van der Waals surface area contributed by atoms with E-state index in [4.69, 9.17) is 8.85 Å². The maximum Gasteiger partial charge on any atom is 0.210 e. The molecule has 4 heteroatoms. The number of rotatable bonds is 6. The molecule has 0 aromatic heterocycles. The van der Waals surface area contributed by atoms with E-state index in [0.717, 1.165) is 0 Å². The van der Waals surface area contributed by atoms with Crippen molar-refractivity contribution < 1.29 is 8.85 Å². The van der Waals surface area contributed by atoms with Crippen LogP contribution in [0.2, 0.25) is 26.2 Å². The molecule has 0 saturated carbocycles. The number of hydrogen-bond acceptors (Lipinski definition) is 2. The highest BCUT2D eigenvalue weighted by atomic mass is 28.4. The Morgan fingerprint density at radius 2 is 1.20 bits per heavy atom. The molecule has 0 saturated heterocycles. The first-order valence-corrected chi connectivity index (χ1v) is 12.8. The lowest BCUT2D eigenvalue weighted by Gasteiger charge is -2.14. The van der Waals surface area contributed by atoms with Gasteiger partial charge < -0.3 is 8.85 Å². The van der Waals surface area contributed by atoms with E-state index in [0.29, 0.717) is 0 Å². The average molecular weight is 307 g/mol. The fourth-order valence-electron chi connectivity index (χ4n) is 1.50. The Balaban J connectivity index is 2.87. The zero-order valence-corrected chi connectivity index (χ0v) is 15.4. The molecule has 20 heavy (non-hydrogen) atoms. The van der Waals surface area contributed by atoms with Crippen LogP contribution in [0.4, 0.5) is 0 Å². The highest BCUT2D eigenvalue weighted by Crippen LogP contribution is 2.14. The van der Waals surface area contributed by atoms with Crippen molar-refractivity contribution in [1.29, 1.82) is 0 Å². The van der Waals surface area contributed by atoms with E-state index in [2.05, 4.69) is 74.0 Å². The van der Waals surface area contributed by atoms with Crippen LogP contribution in [0.15, 0.2) is 35.7 Å². The summed E-state index contributed by atoms with van der Waals surface area (Å²) in [5.74, 6) is 0. The molecule has 1 aromatic rings. The van der Waals surface area contributed by atoms with Crippen molar-refractivity contribution in [2.75, 3.05) is 14.2 Å². The molecule has 0 bridgehead atoms. The molecule has 0 aliphatic heterocycles. The summed E-state index contributed by atoms with van der Waals surface area (Å²) in [7, 11) is 0.283. The number of benzene rings is 1. The lowest BCUT2D eigenvalue weighted by atomic mass is 10.1. The molecule has 0 fully saturated rings. The first kappa shape index (κ1) is 17.1. The van der Waals surface area contributed by atoms with Crippen molar-refractivity contribution in [1.82, 2.24) is 0 Å². The zero-order chi connectivity index (χ0) is 15.2. The van der Waals surface area contributed by atoms with E-state index in [1.807, 2.05) is 0 Å². The minimum absolute atomic E-state index is 1.21. The quantitative estimate of drug-likeness (QED) is 0.721. The second-order valence-corrected chi connectivity index (χ2v) is 13.8. The van der Waals surface area contributed by atoms with Gasteiger partial charge in [-0.3, -0.25) is 0 Å². The van der Waals surface area contributed by atoms with Gasteiger partial charge in [-0.25, -0.2) is 0 Å². The second kappa shape index (κ2) is 7.17. The molecule has 1 aromatic carbocycles. The smallest absolute Gasteiger partial charge is 0.210 e. The lowest BCUT2D eigenvalue weighted by molar-refractivity contribution is 0.415. The largest absolute Gasteiger partial charge is 0.417 e. The van der Waals surface area contributed by atoms with Gasteiger partial charge in [0.25, 0.3) is 0 Å². The van der Waals surface area contributed by atoms with E-state index in [1.54, 1.807) is 14.2 Å². The Labute approximate surface area is 125 Å². The molecule has 0 amide bonds. The van der Waals surface area contributed by atoms with Crippen LogP contribution in [0.1, 0.15) is 11.1 Å². The molecule has 0 spiro atoms. The maximum atomic E-state index is 5.52. The predicted octanol–water partition coefficient (Wildman–Crippen LogP) is 4.49. The van der Waals surface area contributed by atoms with Crippen LogP contribution >= 0.6 is 0 Å². The Bertz CT molecular complexity index is 450. The van der Waals surface area contributed by atoms with Gasteiger partial charge >= 0.3 is 0 Å². The summed E-state index contributed by atoms with van der Waals surface area (Å²) in [6, 6.07) is 8.51. The van der Waals surface area contributed by atoms with E-state index < -0.39 is 16.6 Å². The van der Waals surface area contributed by atoms with Gasteiger partial charge in [0, 0.05) is 14.2 Å². The molecule has 110 valence electrons. The van der Waals surface area contributed by atoms with Gasteiger partial charge in [0.15, 0.2) is 0 Å². The molecule has 0 aliphatic carbocycles. The molecular formula is C16H26O2Si2. The molecular weight excluding hydrogens is 280 g/mol. The summed E-state index contributed by atoms with van der Waals surface area (Å²) in [5, 5.41) is 0. The van der Waals surface area contributed by atoms with Crippen molar-refractivity contribution in [3.8, 4) is 0 Å². The van der Waals surface area contributed by atoms with Crippen molar-refractivity contribution >= 4 is 28.8 Å². The first-order chi connectivity index (χ1) is 9.28. The second-order valence-electron chi connectivity index (χ2n) is 5.95. The molecule has 2 nitrogen and oxygen atoms in total. The molecule has 0 aliphatic rings. The molecule has 0 atom stereocenters. The third-order valence-electron chi connectivity index (χ3n) is 3.32. The van der Waals surface area contributed by atoms with Crippen LogP contribution in [0, 0.1) is 0 Å². The van der Waals surface area contributed by atoms with Gasteiger partial charge in [-0.05, 0) is 43.4 Å². The maximum absolute atomic E-state index is 5.52. The summed E-state index contributed by atoms with van der Waals surface area (Å²) in [6.45, 7) is 8.72. The minimum atomic E-state index is -1.64. The molecule has 0 N–H and O–H groups in total. The normalized spacial score (nSPS) is 13.5. The Morgan fingerprint density at radius 1 is 0.800 bits per heavy atom. The summed E-state index contributed by atoms with van der Waals surface area (Å²) in [4.78, 5) is 0. The van der Waals surface area contributed by atoms with Gasteiger partial charge in [0.2, 0.25) is 16.6 Å². The van der Waals surface area contributed by atoms with Crippen molar-refractivity contribution in [2.45, 2.75) is 26.2 Å². The molecule has 1 rings (SSSR count). The highest BCUT2D eigenvalue weighted by Gasteiger charge is 2.16. The Hall–Kier alpha value is -0.946. The average Bonchev–Trinajstić information content (AvgIpc) is 2.44. The Morgan fingerprint density at radius 3 is 1.55 bits per heavy atom. The van der Waals surface area contributed by atoms with Crippen LogP contribution in [0.5, 0.6) is 0 Å². The standard InChI is InChI=1S/C16H26O2Si2/c1-17-19(3,4)12-10-15-8-7-9-16(14-15)11-13-20(5,6)18-2/h7-14H,1-6H3. The summed E-state index contributed by atoms with van der Waals surface area (Å²) >= 11 is 0. The van der Waals surface area contributed by atoms with E-state index >= 15 is 0 Å². The van der Waals surface area contributed by atoms with Gasteiger partial charge in [-0.15, -0.1) is 0 Å². The van der Waals surface area contributed by atoms with Crippen LogP contribution in [0.25, 0.3) is 12.2 Å². The van der Waals surface area contributed by atoms with Crippen molar-refractivity contribution in [3.05, 3.63) is 46.8 Å². The topological polar surface area (TPSA) is 18.5 Å². The van der Waals surface area contributed by atoms with Crippen molar-refractivity contribution in [3.63, 3.8) is 0 Å². The third kappa shape index (κ3) is 6.01. The van der Waals surface area contributed by atoms with E-state index in [1.165, 1.54) is 11.1 Å². The minimum Gasteiger partial charge on any atom is -0.417 e. The van der Waals surface area contributed by atoms with Gasteiger partial charge in [0.05, 0.1) is 0 Å². The van der Waals surface area contributed by atoms with Gasteiger partial charge in [0.1, 0.15) is 0 Å². The summed E-state index contributed by atoms with van der Waals surface area (Å²) in [6.07, 6.45) is 4.32. The Kier molecular flexibility index (Phi) is 6.14. The summed E-state index contributed by atoms with van der Waals surface area (Å²) < 4.78 is 11.0. The fourth-order valence-corrected chi connectivity index (χ4v) is 2.96. The molecule has 0 unspecified atom stereocenters. The first-order valence-electron chi connectivity index (χ1n) is 6.87. The van der Waals surface area contributed by atoms with Crippen LogP contribution in [-0.4, -0.2) is 30.9 Å². The lowest BCUT2D eigenvalue weighted by Crippen LogP contribution is -2.25. The van der Waals surface area contributed by atoms with Crippen molar-refractivity contribution in [2.24, 2.45) is 0 Å². The zero-order valence-electron chi connectivity index (χ0n) is 13.4. The van der Waals surface area contributed by atoms with Gasteiger partial charge in [-0.1, -0.05) is 41.7 Å². The van der Waals surface area contributed by atoms with E-state index in [-0.39, 0.29) is 0 Å².